The van der Waals surface area contributed by atoms with Crippen molar-refractivity contribution in [3.05, 3.63) is 23.8 Å². The van der Waals surface area contributed by atoms with Gasteiger partial charge in [0, 0.05) is 5.56 Å². The molecule has 0 saturated heterocycles. The van der Waals surface area contributed by atoms with Crippen molar-refractivity contribution >= 4 is 11.8 Å². The molecule has 1 aromatic carbocycles. The van der Waals surface area contributed by atoms with Gasteiger partial charge in [-0.05, 0) is 32.0 Å². The van der Waals surface area contributed by atoms with Crippen molar-refractivity contribution in [2.24, 2.45) is 0 Å². The molecule has 1 aliphatic rings. The van der Waals surface area contributed by atoms with Gasteiger partial charge >= 0.3 is 5.97 Å². The summed E-state index contributed by atoms with van der Waals surface area (Å²) in [4.78, 5) is 22.7. The van der Waals surface area contributed by atoms with Crippen LogP contribution in [0.5, 0.6) is 11.5 Å². The van der Waals surface area contributed by atoms with Crippen LogP contribution in [0.2, 0.25) is 0 Å². The molecule has 5 heteroatoms. The molecule has 0 amide bonds. The highest BCUT2D eigenvalue weighted by molar-refractivity contribution is 5.94. The molecule has 18 heavy (non-hydrogen) atoms. The Morgan fingerprint density at radius 3 is 2.83 bits per heavy atom. The second-order valence-electron chi connectivity index (χ2n) is 3.89. The van der Waals surface area contributed by atoms with Gasteiger partial charge in [0.25, 0.3) is 0 Å². The fourth-order valence-corrected chi connectivity index (χ4v) is 1.64. The van der Waals surface area contributed by atoms with E-state index in [-0.39, 0.29) is 12.4 Å². The number of ketones is 1. The number of benzene rings is 1. The van der Waals surface area contributed by atoms with Crippen molar-refractivity contribution < 1.29 is 23.8 Å². The molecule has 0 bridgehead atoms. The minimum Gasteiger partial charge on any atom is -0.485 e. The molecule has 5 nitrogen and oxygen atoms in total. The molecule has 0 spiro atoms. The van der Waals surface area contributed by atoms with Gasteiger partial charge in [-0.25, -0.2) is 4.79 Å². The van der Waals surface area contributed by atoms with E-state index in [9.17, 15) is 9.59 Å². The van der Waals surface area contributed by atoms with Gasteiger partial charge in [-0.3, -0.25) is 4.79 Å². The maximum Gasteiger partial charge on any atom is 0.350 e. The smallest absolute Gasteiger partial charge is 0.350 e. The lowest BCUT2D eigenvalue weighted by atomic mass is 10.1. The fraction of sp³-hybridized carbons (Fsp3) is 0.385. The van der Waals surface area contributed by atoms with E-state index in [2.05, 4.69) is 0 Å². The van der Waals surface area contributed by atoms with Gasteiger partial charge in [-0.2, -0.15) is 0 Å². The number of esters is 1. The monoisotopic (exact) mass is 250 g/mol. The lowest BCUT2D eigenvalue weighted by molar-refractivity contribution is -0.153. The molecule has 1 aliphatic heterocycles. The second-order valence-corrected chi connectivity index (χ2v) is 3.89. The lowest BCUT2D eigenvalue weighted by Gasteiger charge is -2.25. The Kier molecular flexibility index (Phi) is 3.50. The normalized spacial score (nSPS) is 17.1. The Morgan fingerprint density at radius 2 is 2.17 bits per heavy atom. The summed E-state index contributed by atoms with van der Waals surface area (Å²) in [5.74, 6) is 0.431. The van der Waals surface area contributed by atoms with Crippen LogP contribution in [-0.4, -0.2) is 31.1 Å². The average Bonchev–Trinajstić information content (AvgIpc) is 2.37. The number of carbonyl (C=O) groups is 2. The predicted octanol–water partition coefficient (Wildman–Crippen LogP) is 1.59. The van der Waals surface area contributed by atoms with Crippen molar-refractivity contribution in [3.63, 3.8) is 0 Å². The zero-order valence-electron chi connectivity index (χ0n) is 10.3. The fourth-order valence-electron chi connectivity index (χ4n) is 1.64. The van der Waals surface area contributed by atoms with E-state index >= 15 is 0 Å². The van der Waals surface area contributed by atoms with Gasteiger partial charge in [0.2, 0.25) is 6.10 Å². The highest BCUT2D eigenvalue weighted by atomic mass is 16.6. The average molecular weight is 250 g/mol. The standard InChI is InChI=1S/C13H14O5/c1-3-16-13(15)12-7-17-11-6-9(8(2)14)4-5-10(11)18-12/h4-6,12H,3,7H2,1-2H3. The summed E-state index contributed by atoms with van der Waals surface area (Å²) < 4.78 is 15.7. The second kappa shape index (κ2) is 5.08. The summed E-state index contributed by atoms with van der Waals surface area (Å²) >= 11 is 0. The third-order valence-corrected chi connectivity index (χ3v) is 2.56. The number of Topliss-reactive ketones (excluding diaryl/α,β-unsaturated/α-hetero) is 1. The topological polar surface area (TPSA) is 61.8 Å². The molecule has 0 fully saturated rings. The maximum absolute atomic E-state index is 11.5. The summed E-state index contributed by atoms with van der Waals surface area (Å²) in [5.41, 5.74) is 0.548. The van der Waals surface area contributed by atoms with E-state index in [1.807, 2.05) is 0 Å². The molecule has 0 radical (unpaired) electrons. The number of rotatable bonds is 3. The van der Waals surface area contributed by atoms with Crippen molar-refractivity contribution in [1.29, 1.82) is 0 Å². The highest BCUT2D eigenvalue weighted by Gasteiger charge is 2.28. The molecule has 0 aromatic heterocycles. The number of carbonyl (C=O) groups excluding carboxylic acids is 2. The third-order valence-electron chi connectivity index (χ3n) is 2.56. The summed E-state index contributed by atoms with van der Waals surface area (Å²) in [6.07, 6.45) is -0.749. The Balaban J connectivity index is 2.16. The molecule has 0 N–H and O–H groups in total. The van der Waals surface area contributed by atoms with Crippen molar-refractivity contribution in [2.75, 3.05) is 13.2 Å². The zero-order chi connectivity index (χ0) is 13.1. The summed E-state index contributed by atoms with van der Waals surface area (Å²) in [6, 6.07) is 4.87. The Morgan fingerprint density at radius 1 is 1.39 bits per heavy atom. The van der Waals surface area contributed by atoms with Crippen LogP contribution in [-0.2, 0) is 9.53 Å². The van der Waals surface area contributed by atoms with Crippen molar-refractivity contribution in [3.8, 4) is 11.5 Å². The molecule has 1 aromatic rings. The van der Waals surface area contributed by atoms with E-state index in [1.165, 1.54) is 6.92 Å². The molecular weight excluding hydrogens is 236 g/mol. The van der Waals surface area contributed by atoms with E-state index in [0.29, 0.717) is 23.7 Å². The minimum absolute atomic E-state index is 0.0473. The largest absolute Gasteiger partial charge is 0.485 e. The van der Waals surface area contributed by atoms with Crippen LogP contribution < -0.4 is 9.47 Å². The molecular formula is C13H14O5. The predicted molar refractivity (Wildman–Crippen MR) is 63.0 cm³/mol. The van der Waals surface area contributed by atoms with Gasteiger partial charge in [0.1, 0.15) is 6.61 Å². The van der Waals surface area contributed by atoms with Gasteiger partial charge < -0.3 is 14.2 Å². The highest BCUT2D eigenvalue weighted by Crippen LogP contribution is 2.32. The van der Waals surface area contributed by atoms with E-state index in [4.69, 9.17) is 14.2 Å². The molecule has 1 unspecified atom stereocenters. The maximum atomic E-state index is 11.5. The first-order chi connectivity index (χ1) is 8.61. The molecule has 1 atom stereocenters. The van der Waals surface area contributed by atoms with E-state index < -0.39 is 12.1 Å². The first-order valence-corrected chi connectivity index (χ1v) is 5.73. The van der Waals surface area contributed by atoms with Gasteiger partial charge in [0.15, 0.2) is 17.3 Å². The SMILES string of the molecule is CCOC(=O)C1COc2cc(C(C)=O)ccc2O1. The first-order valence-electron chi connectivity index (χ1n) is 5.73. The third kappa shape index (κ3) is 2.45. The molecule has 96 valence electrons. The number of hydrogen-bond acceptors (Lipinski definition) is 5. The van der Waals surface area contributed by atoms with Crippen LogP contribution in [0, 0.1) is 0 Å². The molecule has 0 saturated carbocycles. The van der Waals surface area contributed by atoms with Crippen molar-refractivity contribution in [2.45, 2.75) is 20.0 Å². The van der Waals surface area contributed by atoms with Crippen LogP contribution in [0.15, 0.2) is 18.2 Å². The van der Waals surface area contributed by atoms with Crippen LogP contribution >= 0.6 is 0 Å². The summed E-state index contributed by atoms with van der Waals surface area (Å²) in [5, 5.41) is 0. The zero-order valence-corrected chi connectivity index (χ0v) is 10.3. The number of fused-ring (bicyclic) bond motifs is 1. The van der Waals surface area contributed by atoms with Gasteiger partial charge in [0.05, 0.1) is 6.61 Å². The van der Waals surface area contributed by atoms with E-state index in [0.717, 1.165) is 0 Å². The lowest BCUT2D eigenvalue weighted by Crippen LogP contribution is -2.37. The number of ether oxygens (including phenoxy) is 3. The Labute approximate surface area is 105 Å². The van der Waals surface area contributed by atoms with Crippen LogP contribution in [0.25, 0.3) is 0 Å². The molecule has 1 heterocycles. The van der Waals surface area contributed by atoms with Crippen LogP contribution in [0.1, 0.15) is 24.2 Å². The molecule has 0 aliphatic carbocycles. The van der Waals surface area contributed by atoms with Gasteiger partial charge in [-0.1, -0.05) is 0 Å². The quantitative estimate of drug-likeness (QED) is 0.602. The van der Waals surface area contributed by atoms with Gasteiger partial charge in [-0.15, -0.1) is 0 Å². The summed E-state index contributed by atoms with van der Waals surface area (Å²) in [6.45, 7) is 3.60. The Bertz CT molecular complexity index is 480. The first kappa shape index (κ1) is 12.4. The van der Waals surface area contributed by atoms with Crippen molar-refractivity contribution in [1.82, 2.24) is 0 Å². The van der Waals surface area contributed by atoms with Crippen LogP contribution in [0.4, 0.5) is 0 Å². The molecule has 2 rings (SSSR count). The van der Waals surface area contributed by atoms with Crippen LogP contribution in [0.3, 0.4) is 0 Å². The summed E-state index contributed by atoms with van der Waals surface area (Å²) in [7, 11) is 0. The Hall–Kier alpha value is -2.04. The minimum atomic E-state index is -0.749. The van der Waals surface area contributed by atoms with E-state index in [1.54, 1.807) is 25.1 Å². The number of hydrogen-bond donors (Lipinski definition) is 0.